The van der Waals surface area contributed by atoms with Gasteiger partial charge in [0.15, 0.2) is 0 Å². The van der Waals surface area contributed by atoms with Crippen molar-refractivity contribution in [2.24, 2.45) is 17.8 Å². The van der Waals surface area contributed by atoms with Crippen LogP contribution in [0, 0.1) is 17.8 Å². The molecule has 3 saturated carbocycles. The van der Waals surface area contributed by atoms with Crippen LogP contribution in [0.5, 0.6) is 0 Å². The normalized spacial score (nSPS) is 28.2. The van der Waals surface area contributed by atoms with Crippen molar-refractivity contribution in [3.8, 4) is 0 Å². The number of esters is 2. The highest BCUT2D eigenvalue weighted by molar-refractivity contribution is 5.90. The van der Waals surface area contributed by atoms with Crippen LogP contribution in [0.15, 0.2) is 91.0 Å². The average Bonchev–Trinajstić information content (AvgIpc) is 2.87. The second-order valence-corrected chi connectivity index (χ2v) is 9.27. The smallest absolute Gasteiger partial charge is 0.338 e. The molecular weight excluding hydrogens is 412 g/mol. The highest BCUT2D eigenvalue weighted by Gasteiger charge is 2.55. The van der Waals surface area contributed by atoms with Crippen LogP contribution in [0.3, 0.4) is 0 Å². The van der Waals surface area contributed by atoms with E-state index in [0.717, 1.165) is 12.8 Å². The zero-order chi connectivity index (χ0) is 22.8. The lowest BCUT2D eigenvalue weighted by Crippen LogP contribution is -2.57. The van der Waals surface area contributed by atoms with Gasteiger partial charge in [0.2, 0.25) is 0 Å². The Morgan fingerprint density at radius 1 is 0.636 bits per heavy atom. The van der Waals surface area contributed by atoms with Crippen molar-refractivity contribution in [1.29, 1.82) is 0 Å². The maximum atomic E-state index is 13.1. The van der Waals surface area contributed by atoms with Crippen molar-refractivity contribution >= 4 is 11.9 Å². The minimum absolute atomic E-state index is 0.0913. The molecule has 0 saturated heterocycles. The van der Waals surface area contributed by atoms with Crippen LogP contribution in [0.25, 0.3) is 0 Å². The Kier molecular flexibility index (Phi) is 5.99. The number of ether oxygens (including phenoxy) is 2. The summed E-state index contributed by atoms with van der Waals surface area (Å²) in [6, 6.07) is 28.5. The van der Waals surface area contributed by atoms with E-state index < -0.39 is 12.2 Å². The fourth-order valence-corrected chi connectivity index (χ4v) is 5.70. The van der Waals surface area contributed by atoms with Crippen LogP contribution in [-0.4, -0.2) is 24.1 Å². The molecule has 3 aliphatic carbocycles. The quantitative estimate of drug-likeness (QED) is 0.464. The summed E-state index contributed by atoms with van der Waals surface area (Å²) >= 11 is 0. The summed E-state index contributed by atoms with van der Waals surface area (Å²) in [7, 11) is 0. The van der Waals surface area contributed by atoms with Crippen LogP contribution in [0.2, 0.25) is 0 Å². The Morgan fingerprint density at radius 3 is 1.61 bits per heavy atom. The lowest BCUT2D eigenvalue weighted by molar-refractivity contribution is -0.146. The molecule has 4 nitrogen and oxygen atoms in total. The molecule has 2 bridgehead atoms. The first-order valence-corrected chi connectivity index (χ1v) is 11.7. The monoisotopic (exact) mass is 440 g/mol. The van der Waals surface area contributed by atoms with E-state index in [1.54, 1.807) is 24.3 Å². The summed E-state index contributed by atoms with van der Waals surface area (Å²) in [5.41, 5.74) is 2.28. The molecule has 6 unspecified atom stereocenters. The topological polar surface area (TPSA) is 52.6 Å². The molecular formula is C29H28O4. The van der Waals surface area contributed by atoms with Gasteiger partial charge in [-0.25, -0.2) is 9.59 Å². The molecule has 6 rings (SSSR count). The molecule has 3 aromatic rings. The molecule has 4 heteroatoms. The maximum absolute atomic E-state index is 13.1. The molecule has 3 aliphatic rings. The zero-order valence-corrected chi connectivity index (χ0v) is 18.7. The minimum atomic E-state index is -0.481. The largest absolute Gasteiger partial charge is 0.455 e. The van der Waals surface area contributed by atoms with E-state index in [-0.39, 0.29) is 29.7 Å². The van der Waals surface area contributed by atoms with Crippen LogP contribution in [0.4, 0.5) is 0 Å². The predicted octanol–water partition coefficient (Wildman–Crippen LogP) is 5.90. The van der Waals surface area contributed by atoms with Crippen LogP contribution in [-0.2, 0) is 9.47 Å². The summed E-state index contributed by atoms with van der Waals surface area (Å²) in [6.07, 6.45) is 0.919. The number of carbonyl (C=O) groups excluding carboxylic acids is 2. The average molecular weight is 441 g/mol. The number of hydrogen-bond donors (Lipinski definition) is 0. The zero-order valence-electron chi connectivity index (χ0n) is 18.7. The predicted molar refractivity (Wildman–Crippen MR) is 126 cm³/mol. The van der Waals surface area contributed by atoms with Gasteiger partial charge in [-0.3, -0.25) is 0 Å². The van der Waals surface area contributed by atoms with Gasteiger partial charge in [-0.1, -0.05) is 73.7 Å². The first kappa shape index (κ1) is 21.4. The van der Waals surface area contributed by atoms with Crippen LogP contribution >= 0.6 is 0 Å². The van der Waals surface area contributed by atoms with Crippen molar-refractivity contribution in [3.05, 3.63) is 108 Å². The van der Waals surface area contributed by atoms with Gasteiger partial charge in [-0.15, -0.1) is 0 Å². The third kappa shape index (κ3) is 4.30. The SMILES string of the molecule is CC1CC2C(c3ccccc3)CC1C(OC(=O)c1ccccc1)C2OC(=O)c1ccccc1. The summed E-state index contributed by atoms with van der Waals surface area (Å²) < 4.78 is 12.2. The molecule has 168 valence electrons. The van der Waals surface area contributed by atoms with Gasteiger partial charge in [0.25, 0.3) is 0 Å². The molecule has 0 heterocycles. The minimum Gasteiger partial charge on any atom is -0.455 e. The lowest BCUT2D eigenvalue weighted by Gasteiger charge is -2.53. The highest BCUT2D eigenvalue weighted by atomic mass is 16.6. The van der Waals surface area contributed by atoms with Crippen molar-refractivity contribution in [1.82, 2.24) is 0 Å². The molecule has 0 N–H and O–H groups in total. The van der Waals surface area contributed by atoms with E-state index in [2.05, 4.69) is 31.2 Å². The lowest BCUT2D eigenvalue weighted by atomic mass is 9.56. The van der Waals surface area contributed by atoms with E-state index in [4.69, 9.17) is 9.47 Å². The molecule has 0 amide bonds. The summed E-state index contributed by atoms with van der Waals surface area (Å²) in [5, 5.41) is 0. The Bertz CT molecular complexity index is 1100. The van der Waals surface area contributed by atoms with E-state index in [1.807, 2.05) is 42.5 Å². The fraction of sp³-hybridized carbons (Fsp3) is 0.310. The Balaban J connectivity index is 1.46. The van der Waals surface area contributed by atoms with Crippen molar-refractivity contribution in [3.63, 3.8) is 0 Å². The van der Waals surface area contributed by atoms with Crippen molar-refractivity contribution < 1.29 is 19.1 Å². The molecule has 3 fully saturated rings. The fourth-order valence-electron chi connectivity index (χ4n) is 5.70. The molecule has 0 spiro atoms. The van der Waals surface area contributed by atoms with Gasteiger partial charge >= 0.3 is 11.9 Å². The Morgan fingerprint density at radius 2 is 1.09 bits per heavy atom. The molecule has 0 aliphatic heterocycles. The highest BCUT2D eigenvalue weighted by Crippen LogP contribution is 2.54. The van der Waals surface area contributed by atoms with Gasteiger partial charge in [0.05, 0.1) is 11.1 Å². The maximum Gasteiger partial charge on any atom is 0.338 e. The van der Waals surface area contributed by atoms with Crippen LogP contribution < -0.4 is 0 Å². The van der Waals surface area contributed by atoms with Gasteiger partial charge in [0, 0.05) is 11.8 Å². The molecule has 6 atom stereocenters. The summed E-state index contributed by atoms with van der Waals surface area (Å²) in [6.45, 7) is 2.22. The third-order valence-electron chi connectivity index (χ3n) is 7.32. The van der Waals surface area contributed by atoms with E-state index >= 15 is 0 Å². The van der Waals surface area contributed by atoms with Gasteiger partial charge < -0.3 is 9.47 Å². The van der Waals surface area contributed by atoms with Crippen molar-refractivity contribution in [2.45, 2.75) is 37.9 Å². The van der Waals surface area contributed by atoms with Gasteiger partial charge in [-0.2, -0.15) is 0 Å². The Hall–Kier alpha value is -3.40. The molecule has 0 radical (unpaired) electrons. The molecule has 3 aromatic carbocycles. The van der Waals surface area contributed by atoms with E-state index in [1.165, 1.54) is 5.56 Å². The molecule has 0 aromatic heterocycles. The van der Waals surface area contributed by atoms with Gasteiger partial charge in [0.1, 0.15) is 12.2 Å². The summed E-state index contributed by atoms with van der Waals surface area (Å²) in [5.74, 6) is 0.142. The third-order valence-corrected chi connectivity index (χ3v) is 7.32. The first-order chi connectivity index (χ1) is 16.1. The molecule has 33 heavy (non-hydrogen) atoms. The van der Waals surface area contributed by atoms with E-state index in [0.29, 0.717) is 17.0 Å². The Labute approximate surface area is 194 Å². The summed E-state index contributed by atoms with van der Waals surface area (Å²) in [4.78, 5) is 26.0. The number of carbonyl (C=O) groups is 2. The number of benzene rings is 3. The van der Waals surface area contributed by atoms with Gasteiger partial charge in [-0.05, 0) is 54.5 Å². The second-order valence-electron chi connectivity index (χ2n) is 9.27. The van der Waals surface area contributed by atoms with Crippen molar-refractivity contribution in [2.75, 3.05) is 0 Å². The standard InChI is InChI=1S/C29H28O4/c1-19-17-25-24(20-11-5-2-6-12-20)18-23(19)26(32-28(30)21-13-7-3-8-14-21)27(25)33-29(31)22-15-9-4-10-16-22/h2-16,19,23-27H,17-18H2,1H3. The van der Waals surface area contributed by atoms with Crippen LogP contribution in [0.1, 0.15) is 52.0 Å². The second kappa shape index (κ2) is 9.22. The van der Waals surface area contributed by atoms with E-state index in [9.17, 15) is 9.59 Å². The number of hydrogen-bond acceptors (Lipinski definition) is 4. The number of rotatable bonds is 5. The first-order valence-electron chi connectivity index (χ1n) is 11.7. The number of fused-ring (bicyclic) bond motifs is 3.